The average Bonchev–Trinajstić information content (AvgIpc) is 3.15. The molecule has 0 spiro atoms. The minimum Gasteiger partial charge on any atom is -0.454 e. The van der Waals surface area contributed by atoms with Crippen LogP contribution in [-0.2, 0) is 4.79 Å². The average molecular weight is 345 g/mol. The highest BCUT2D eigenvalue weighted by Crippen LogP contribution is 2.34. The first kappa shape index (κ1) is 16.2. The molecule has 0 saturated heterocycles. The van der Waals surface area contributed by atoms with E-state index < -0.39 is 0 Å². The van der Waals surface area contributed by atoms with Crippen molar-refractivity contribution in [1.29, 1.82) is 0 Å². The predicted molar refractivity (Wildman–Crippen MR) is 101 cm³/mol. The number of hydrogen-bond donors (Lipinski definition) is 1. The molecule has 3 aromatic carbocycles. The van der Waals surface area contributed by atoms with E-state index in [1.807, 2.05) is 48.5 Å². The van der Waals surface area contributed by atoms with Gasteiger partial charge in [0.1, 0.15) is 0 Å². The van der Waals surface area contributed by atoms with Crippen molar-refractivity contribution >= 4 is 11.6 Å². The number of hydrogen-bond acceptors (Lipinski definition) is 3. The lowest BCUT2D eigenvalue weighted by molar-refractivity contribution is -0.116. The molecular formula is C22H19NO3. The fourth-order valence-corrected chi connectivity index (χ4v) is 3.17. The first-order chi connectivity index (χ1) is 12.8. The fourth-order valence-electron chi connectivity index (χ4n) is 3.17. The van der Waals surface area contributed by atoms with Gasteiger partial charge in [-0.3, -0.25) is 4.79 Å². The largest absolute Gasteiger partial charge is 0.454 e. The van der Waals surface area contributed by atoms with Gasteiger partial charge in [0.2, 0.25) is 12.7 Å². The Kier molecular flexibility index (Phi) is 4.56. The fraction of sp³-hybridized carbons (Fsp3) is 0.136. The lowest BCUT2D eigenvalue weighted by Gasteiger charge is -2.18. The van der Waals surface area contributed by atoms with Gasteiger partial charge in [0.05, 0.1) is 0 Å². The van der Waals surface area contributed by atoms with E-state index in [0.29, 0.717) is 23.6 Å². The highest BCUT2D eigenvalue weighted by atomic mass is 16.7. The topological polar surface area (TPSA) is 47.6 Å². The lowest BCUT2D eigenvalue weighted by atomic mass is 9.88. The second kappa shape index (κ2) is 7.31. The third-order valence-electron chi connectivity index (χ3n) is 4.45. The van der Waals surface area contributed by atoms with Crippen LogP contribution in [0.4, 0.5) is 5.69 Å². The summed E-state index contributed by atoms with van der Waals surface area (Å²) in [5.41, 5.74) is 2.96. The molecule has 0 bridgehead atoms. The van der Waals surface area contributed by atoms with Crippen molar-refractivity contribution in [3.8, 4) is 11.5 Å². The van der Waals surface area contributed by atoms with Crippen LogP contribution in [0.1, 0.15) is 23.5 Å². The predicted octanol–water partition coefficient (Wildman–Crippen LogP) is 4.58. The van der Waals surface area contributed by atoms with E-state index in [2.05, 4.69) is 29.6 Å². The molecule has 1 aliphatic heterocycles. The molecule has 0 fully saturated rings. The summed E-state index contributed by atoms with van der Waals surface area (Å²) in [4.78, 5) is 12.7. The van der Waals surface area contributed by atoms with Gasteiger partial charge < -0.3 is 14.8 Å². The maximum Gasteiger partial charge on any atom is 0.231 e. The first-order valence-electron chi connectivity index (χ1n) is 8.59. The standard InChI is InChI=1S/C22H19NO3/c24-22(23-18-11-12-20-21(13-18)26-15-25-20)14-19(16-7-3-1-4-8-16)17-9-5-2-6-10-17/h1-13,19H,14-15H2,(H,23,24). The van der Waals surface area contributed by atoms with Gasteiger partial charge >= 0.3 is 0 Å². The number of fused-ring (bicyclic) bond motifs is 1. The highest BCUT2D eigenvalue weighted by molar-refractivity contribution is 5.92. The molecular weight excluding hydrogens is 326 g/mol. The van der Waals surface area contributed by atoms with Crippen LogP contribution in [0.2, 0.25) is 0 Å². The summed E-state index contributed by atoms with van der Waals surface area (Å²) in [5, 5.41) is 2.97. The van der Waals surface area contributed by atoms with Crippen molar-refractivity contribution in [3.05, 3.63) is 90.0 Å². The van der Waals surface area contributed by atoms with Gasteiger partial charge in [0, 0.05) is 24.1 Å². The molecule has 0 radical (unpaired) electrons. The summed E-state index contributed by atoms with van der Waals surface area (Å²) in [6.07, 6.45) is 0.364. The van der Waals surface area contributed by atoms with E-state index in [-0.39, 0.29) is 18.6 Å². The van der Waals surface area contributed by atoms with Crippen LogP contribution in [0, 0.1) is 0 Å². The number of carbonyl (C=O) groups is 1. The molecule has 0 unspecified atom stereocenters. The molecule has 130 valence electrons. The van der Waals surface area contributed by atoms with Crippen molar-refractivity contribution in [3.63, 3.8) is 0 Å². The Morgan fingerprint density at radius 2 is 1.46 bits per heavy atom. The SMILES string of the molecule is O=C(CC(c1ccccc1)c1ccccc1)Nc1ccc2c(c1)OCO2. The normalized spacial score (nSPS) is 12.2. The lowest BCUT2D eigenvalue weighted by Crippen LogP contribution is -2.16. The maximum atomic E-state index is 12.7. The summed E-state index contributed by atoms with van der Waals surface area (Å²) < 4.78 is 10.7. The van der Waals surface area contributed by atoms with E-state index in [1.165, 1.54) is 0 Å². The van der Waals surface area contributed by atoms with Gasteiger partial charge in [0.15, 0.2) is 11.5 Å². The van der Waals surface area contributed by atoms with E-state index >= 15 is 0 Å². The van der Waals surface area contributed by atoms with Crippen LogP contribution in [-0.4, -0.2) is 12.7 Å². The number of carbonyl (C=O) groups excluding carboxylic acids is 1. The molecule has 1 N–H and O–H groups in total. The maximum absolute atomic E-state index is 12.7. The minimum absolute atomic E-state index is 0.00594. The Labute approximate surface area is 152 Å². The summed E-state index contributed by atoms with van der Waals surface area (Å²) in [7, 11) is 0. The third-order valence-corrected chi connectivity index (χ3v) is 4.45. The molecule has 4 heteroatoms. The number of amides is 1. The van der Waals surface area contributed by atoms with Crippen molar-refractivity contribution in [2.45, 2.75) is 12.3 Å². The molecule has 1 heterocycles. The number of ether oxygens (including phenoxy) is 2. The zero-order valence-corrected chi connectivity index (χ0v) is 14.2. The quantitative estimate of drug-likeness (QED) is 0.736. The van der Waals surface area contributed by atoms with Gasteiger partial charge in [-0.1, -0.05) is 60.7 Å². The van der Waals surface area contributed by atoms with E-state index in [1.54, 1.807) is 6.07 Å². The summed E-state index contributed by atoms with van der Waals surface area (Å²) >= 11 is 0. The van der Waals surface area contributed by atoms with Crippen molar-refractivity contribution in [1.82, 2.24) is 0 Å². The molecule has 1 amide bonds. The van der Waals surface area contributed by atoms with Gasteiger partial charge in [-0.25, -0.2) is 0 Å². The Morgan fingerprint density at radius 1 is 0.846 bits per heavy atom. The first-order valence-corrected chi connectivity index (χ1v) is 8.59. The Morgan fingerprint density at radius 3 is 2.12 bits per heavy atom. The van der Waals surface area contributed by atoms with Crippen LogP contribution < -0.4 is 14.8 Å². The van der Waals surface area contributed by atoms with Gasteiger partial charge in [-0.2, -0.15) is 0 Å². The Balaban J connectivity index is 1.53. The molecule has 3 aromatic rings. The molecule has 4 nitrogen and oxygen atoms in total. The highest BCUT2D eigenvalue weighted by Gasteiger charge is 2.19. The van der Waals surface area contributed by atoms with Gasteiger partial charge in [-0.15, -0.1) is 0 Å². The van der Waals surface area contributed by atoms with Crippen LogP contribution in [0.3, 0.4) is 0 Å². The summed E-state index contributed by atoms with van der Waals surface area (Å²) in [5.74, 6) is 1.33. The molecule has 0 saturated carbocycles. The van der Waals surface area contributed by atoms with E-state index in [9.17, 15) is 4.79 Å². The summed E-state index contributed by atoms with van der Waals surface area (Å²) in [6.45, 7) is 0.219. The Hall–Kier alpha value is -3.27. The van der Waals surface area contributed by atoms with Gasteiger partial charge in [-0.05, 0) is 23.3 Å². The monoisotopic (exact) mass is 345 g/mol. The number of anilines is 1. The molecule has 0 atom stereocenters. The van der Waals surface area contributed by atoms with Crippen LogP contribution >= 0.6 is 0 Å². The third kappa shape index (κ3) is 3.54. The second-order valence-electron chi connectivity index (χ2n) is 6.19. The second-order valence-corrected chi connectivity index (χ2v) is 6.19. The van der Waals surface area contributed by atoms with Crippen LogP contribution in [0.5, 0.6) is 11.5 Å². The Bertz CT molecular complexity index is 854. The van der Waals surface area contributed by atoms with Crippen molar-refractivity contribution < 1.29 is 14.3 Å². The van der Waals surface area contributed by atoms with Crippen LogP contribution in [0.15, 0.2) is 78.9 Å². The molecule has 26 heavy (non-hydrogen) atoms. The minimum atomic E-state index is -0.0402. The number of rotatable bonds is 5. The smallest absolute Gasteiger partial charge is 0.231 e. The molecule has 4 rings (SSSR count). The zero-order chi connectivity index (χ0) is 17.8. The number of nitrogens with one attached hydrogen (secondary N) is 1. The number of benzene rings is 3. The summed E-state index contributed by atoms with van der Waals surface area (Å²) in [6, 6.07) is 25.6. The molecule has 0 aromatic heterocycles. The van der Waals surface area contributed by atoms with E-state index in [4.69, 9.17) is 9.47 Å². The molecule has 0 aliphatic carbocycles. The van der Waals surface area contributed by atoms with Crippen LogP contribution in [0.25, 0.3) is 0 Å². The molecule has 1 aliphatic rings. The van der Waals surface area contributed by atoms with Crippen molar-refractivity contribution in [2.75, 3.05) is 12.1 Å². The van der Waals surface area contributed by atoms with Crippen molar-refractivity contribution in [2.24, 2.45) is 0 Å². The van der Waals surface area contributed by atoms with E-state index in [0.717, 1.165) is 11.1 Å². The zero-order valence-electron chi connectivity index (χ0n) is 14.2. The van der Waals surface area contributed by atoms with Gasteiger partial charge in [0.25, 0.3) is 0 Å².